The third kappa shape index (κ3) is 3.98. The maximum absolute atomic E-state index is 12.9. The Bertz CT molecular complexity index is 960. The van der Waals surface area contributed by atoms with E-state index < -0.39 is 11.2 Å². The predicted molar refractivity (Wildman–Crippen MR) is 103 cm³/mol. The Morgan fingerprint density at radius 2 is 2.15 bits per heavy atom. The van der Waals surface area contributed by atoms with Crippen molar-refractivity contribution >= 4 is 34.9 Å². The quantitative estimate of drug-likeness (QED) is 0.356. The molecule has 0 saturated carbocycles. The molecule has 142 valence electrons. The molecule has 0 radical (unpaired) electrons. The van der Waals surface area contributed by atoms with Crippen molar-refractivity contribution in [2.24, 2.45) is 0 Å². The van der Waals surface area contributed by atoms with Crippen LogP contribution in [0.1, 0.15) is 46.0 Å². The second-order valence-electron chi connectivity index (χ2n) is 5.82. The average molecular weight is 406 g/mol. The zero-order valence-corrected chi connectivity index (χ0v) is 17.0. The molecule has 7 nitrogen and oxygen atoms in total. The molecule has 0 saturated heterocycles. The van der Waals surface area contributed by atoms with Gasteiger partial charge in [0.2, 0.25) is 0 Å². The Labute approximate surface area is 164 Å². The molecule has 0 spiro atoms. The Hall–Kier alpha value is -2.39. The normalized spacial score (nSPS) is 12.1. The number of nitrogens with one attached hydrogen (secondary N) is 1. The highest BCUT2D eigenvalue weighted by Crippen LogP contribution is 2.30. The molecule has 1 N–H and O–H groups in total. The zero-order chi connectivity index (χ0) is 19.6. The monoisotopic (exact) mass is 405 g/mol. The summed E-state index contributed by atoms with van der Waals surface area (Å²) >= 11 is 2.69. The van der Waals surface area contributed by atoms with E-state index in [-0.39, 0.29) is 12.4 Å². The summed E-state index contributed by atoms with van der Waals surface area (Å²) in [6, 6.07) is 3.80. The van der Waals surface area contributed by atoms with Gasteiger partial charge in [-0.1, -0.05) is 17.8 Å². The summed E-state index contributed by atoms with van der Waals surface area (Å²) in [6.45, 7) is 7.28. The molecule has 0 fully saturated rings. The van der Waals surface area contributed by atoms with Crippen LogP contribution in [0.4, 0.5) is 0 Å². The van der Waals surface area contributed by atoms with Crippen LogP contribution in [0.3, 0.4) is 0 Å². The number of hydrogen-bond acceptors (Lipinski definition) is 8. The van der Waals surface area contributed by atoms with Gasteiger partial charge in [0.25, 0.3) is 11.1 Å². The summed E-state index contributed by atoms with van der Waals surface area (Å²) in [6.07, 6.45) is 0. The molecule has 3 rings (SSSR count). The van der Waals surface area contributed by atoms with Gasteiger partial charge in [-0.25, -0.2) is 4.79 Å². The molecule has 27 heavy (non-hydrogen) atoms. The minimum atomic E-state index is -0.464. The van der Waals surface area contributed by atoms with Crippen LogP contribution in [-0.2, 0) is 4.74 Å². The second kappa shape index (κ2) is 8.10. The van der Waals surface area contributed by atoms with E-state index in [1.165, 1.54) is 23.1 Å². The molecule has 0 amide bonds. The Balaban J connectivity index is 1.76. The number of rotatable bonds is 7. The maximum atomic E-state index is 12.9. The standard InChI is InChI=1S/C18H19N3O4S2/c1-5-24-17(23)13-9(2)14(19-10(13)3)15(22)11(4)27-18-21-20-16(25-18)12-7-6-8-26-12/h6-8,11,19H,5H2,1-4H3. The summed E-state index contributed by atoms with van der Waals surface area (Å²) in [5, 5.41) is 9.81. The minimum absolute atomic E-state index is 0.146. The van der Waals surface area contributed by atoms with Gasteiger partial charge in [-0.05, 0) is 44.7 Å². The number of aryl methyl sites for hydroxylation is 1. The topological polar surface area (TPSA) is 98.1 Å². The van der Waals surface area contributed by atoms with Crippen molar-refractivity contribution in [2.75, 3.05) is 6.61 Å². The summed E-state index contributed by atoms with van der Waals surface area (Å²) in [5.41, 5.74) is 2.01. The number of H-pyrrole nitrogens is 1. The highest BCUT2D eigenvalue weighted by molar-refractivity contribution is 8.00. The number of ether oxygens (including phenoxy) is 1. The Morgan fingerprint density at radius 3 is 2.81 bits per heavy atom. The second-order valence-corrected chi connectivity index (χ2v) is 8.06. The van der Waals surface area contributed by atoms with Gasteiger partial charge >= 0.3 is 5.97 Å². The van der Waals surface area contributed by atoms with E-state index in [9.17, 15) is 9.59 Å². The molecule has 0 aliphatic carbocycles. The van der Waals surface area contributed by atoms with Gasteiger partial charge in [0.05, 0.1) is 28.0 Å². The molecule has 3 aromatic heterocycles. The van der Waals surface area contributed by atoms with Crippen molar-refractivity contribution in [3.63, 3.8) is 0 Å². The third-order valence-electron chi connectivity index (χ3n) is 3.95. The summed E-state index contributed by atoms with van der Waals surface area (Å²) in [7, 11) is 0. The fourth-order valence-corrected chi connectivity index (χ4v) is 4.06. The lowest BCUT2D eigenvalue weighted by atomic mass is 10.1. The number of thiophene rings is 1. The molecular weight excluding hydrogens is 386 g/mol. The van der Waals surface area contributed by atoms with E-state index >= 15 is 0 Å². The van der Waals surface area contributed by atoms with Gasteiger partial charge in [0.15, 0.2) is 5.78 Å². The van der Waals surface area contributed by atoms with Crippen molar-refractivity contribution in [1.29, 1.82) is 0 Å². The van der Waals surface area contributed by atoms with Crippen LogP contribution in [0.5, 0.6) is 0 Å². The first-order valence-corrected chi connectivity index (χ1v) is 10.1. The van der Waals surface area contributed by atoms with Crippen molar-refractivity contribution in [2.45, 2.75) is 38.2 Å². The number of ketones is 1. The molecular formula is C18H19N3O4S2. The van der Waals surface area contributed by atoms with E-state index in [1.54, 1.807) is 27.7 Å². The summed E-state index contributed by atoms with van der Waals surface area (Å²) in [5.74, 6) is -0.142. The van der Waals surface area contributed by atoms with Crippen LogP contribution < -0.4 is 0 Å². The Morgan fingerprint density at radius 1 is 1.37 bits per heavy atom. The number of aromatic amines is 1. The number of hydrogen-bond donors (Lipinski definition) is 1. The number of Topliss-reactive ketones (excluding diaryl/α,β-unsaturated/α-hetero) is 1. The molecule has 0 aliphatic heterocycles. The first-order valence-electron chi connectivity index (χ1n) is 8.36. The molecule has 3 heterocycles. The zero-order valence-electron chi connectivity index (χ0n) is 15.4. The molecule has 0 aliphatic rings. The van der Waals surface area contributed by atoms with Gasteiger partial charge in [-0.2, -0.15) is 0 Å². The number of thioether (sulfide) groups is 1. The summed E-state index contributed by atoms with van der Waals surface area (Å²) in [4.78, 5) is 28.9. The van der Waals surface area contributed by atoms with E-state index in [1.807, 2.05) is 17.5 Å². The first-order chi connectivity index (χ1) is 12.9. The smallest absolute Gasteiger partial charge is 0.340 e. The number of carbonyl (C=O) groups is 2. The maximum Gasteiger partial charge on any atom is 0.340 e. The van der Waals surface area contributed by atoms with Gasteiger partial charge in [0, 0.05) is 5.69 Å². The van der Waals surface area contributed by atoms with Crippen LogP contribution in [0.15, 0.2) is 27.2 Å². The van der Waals surface area contributed by atoms with E-state index in [0.29, 0.717) is 33.6 Å². The largest absolute Gasteiger partial charge is 0.462 e. The van der Waals surface area contributed by atoms with Crippen molar-refractivity contribution < 1.29 is 18.7 Å². The van der Waals surface area contributed by atoms with Crippen LogP contribution in [0, 0.1) is 13.8 Å². The van der Waals surface area contributed by atoms with Gasteiger partial charge < -0.3 is 14.1 Å². The molecule has 1 atom stereocenters. The fourth-order valence-electron chi connectivity index (χ4n) is 2.67. The predicted octanol–water partition coefficient (Wildman–Crippen LogP) is 4.28. The van der Waals surface area contributed by atoms with Crippen LogP contribution in [-0.4, -0.2) is 38.8 Å². The van der Waals surface area contributed by atoms with Crippen molar-refractivity contribution in [1.82, 2.24) is 15.2 Å². The van der Waals surface area contributed by atoms with Crippen LogP contribution in [0.2, 0.25) is 0 Å². The highest BCUT2D eigenvalue weighted by atomic mass is 32.2. The first kappa shape index (κ1) is 19.4. The average Bonchev–Trinajstić information content (AvgIpc) is 3.35. The summed E-state index contributed by atoms with van der Waals surface area (Å²) < 4.78 is 10.7. The number of carbonyl (C=O) groups excluding carboxylic acids is 2. The molecule has 9 heteroatoms. The number of nitrogens with zero attached hydrogens (tertiary/aromatic N) is 2. The molecule has 1 unspecified atom stereocenters. The van der Waals surface area contributed by atoms with E-state index in [0.717, 1.165) is 4.88 Å². The van der Waals surface area contributed by atoms with Crippen molar-refractivity contribution in [3.05, 3.63) is 40.0 Å². The van der Waals surface area contributed by atoms with E-state index in [2.05, 4.69) is 15.2 Å². The molecule has 0 aromatic carbocycles. The lowest BCUT2D eigenvalue weighted by Gasteiger charge is -2.07. The molecule has 3 aromatic rings. The van der Waals surface area contributed by atoms with Gasteiger partial charge in [0.1, 0.15) is 0 Å². The Kier molecular flexibility index (Phi) is 5.81. The SMILES string of the molecule is CCOC(=O)c1c(C)[nH]c(C(=O)C(C)Sc2nnc(-c3cccs3)o2)c1C. The number of aromatic nitrogens is 3. The van der Waals surface area contributed by atoms with Gasteiger partial charge in [-0.15, -0.1) is 21.5 Å². The van der Waals surface area contributed by atoms with E-state index in [4.69, 9.17) is 9.15 Å². The van der Waals surface area contributed by atoms with Crippen LogP contribution >= 0.6 is 23.1 Å². The van der Waals surface area contributed by atoms with Gasteiger partial charge in [-0.3, -0.25) is 4.79 Å². The molecule has 0 bridgehead atoms. The lowest BCUT2D eigenvalue weighted by Crippen LogP contribution is -2.15. The number of esters is 1. The fraction of sp³-hybridized carbons (Fsp3) is 0.333. The lowest BCUT2D eigenvalue weighted by molar-refractivity contribution is 0.0525. The highest BCUT2D eigenvalue weighted by Gasteiger charge is 2.27. The minimum Gasteiger partial charge on any atom is -0.462 e. The third-order valence-corrected chi connectivity index (χ3v) is 5.74. The van der Waals surface area contributed by atoms with Crippen LogP contribution in [0.25, 0.3) is 10.8 Å². The van der Waals surface area contributed by atoms with Crippen molar-refractivity contribution in [3.8, 4) is 10.8 Å².